The summed E-state index contributed by atoms with van der Waals surface area (Å²) in [5.41, 5.74) is 4.27. The van der Waals surface area contributed by atoms with Gasteiger partial charge in [0.2, 0.25) is 0 Å². The Hall–Kier alpha value is -1.57. The fourth-order valence-corrected chi connectivity index (χ4v) is 2.26. The number of hydrogen-bond donors (Lipinski definition) is 0. The van der Waals surface area contributed by atoms with E-state index in [2.05, 4.69) is 25.1 Å². The molecule has 0 aliphatic heterocycles. The number of ketones is 1. The van der Waals surface area contributed by atoms with Gasteiger partial charge in [-0.15, -0.1) is 0 Å². The normalized spacial score (nSPS) is 17.1. The van der Waals surface area contributed by atoms with E-state index in [4.69, 9.17) is 0 Å². The lowest BCUT2D eigenvalue weighted by Gasteiger charge is -2.19. The van der Waals surface area contributed by atoms with Crippen molar-refractivity contribution in [3.05, 3.63) is 46.7 Å². The lowest BCUT2D eigenvalue weighted by Crippen LogP contribution is -2.17. The number of benzene rings is 1. The van der Waals surface area contributed by atoms with E-state index in [-0.39, 0.29) is 5.78 Å². The summed E-state index contributed by atoms with van der Waals surface area (Å²) in [6.45, 7) is 2.12. The summed E-state index contributed by atoms with van der Waals surface area (Å²) in [7, 11) is 3.91. The van der Waals surface area contributed by atoms with Crippen LogP contribution in [0.15, 0.2) is 30.0 Å². The first-order valence-electron chi connectivity index (χ1n) is 6.15. The van der Waals surface area contributed by atoms with Crippen molar-refractivity contribution in [1.82, 2.24) is 4.90 Å². The molecule has 1 aromatic rings. The lowest BCUT2D eigenvalue weighted by molar-refractivity contribution is 0.102. The molecule has 2 rings (SSSR count). The van der Waals surface area contributed by atoms with Gasteiger partial charge in [0.15, 0.2) is 5.78 Å². The minimum absolute atomic E-state index is 0.204. The molecule has 0 atom stereocenters. The lowest BCUT2D eigenvalue weighted by atomic mass is 9.86. The molecule has 1 aliphatic carbocycles. The number of allylic oxidation sites excluding steroid dienone is 1. The van der Waals surface area contributed by atoms with Crippen LogP contribution >= 0.6 is 0 Å². The maximum atomic E-state index is 12.3. The van der Waals surface area contributed by atoms with Crippen LogP contribution in [-0.2, 0) is 12.8 Å². The summed E-state index contributed by atoms with van der Waals surface area (Å²) in [4.78, 5) is 14.3. The second kappa shape index (κ2) is 4.74. The zero-order valence-electron chi connectivity index (χ0n) is 10.8. The van der Waals surface area contributed by atoms with Crippen molar-refractivity contribution in [3.63, 3.8) is 0 Å². The quantitative estimate of drug-likeness (QED) is 0.727. The standard InChI is InChI=1S/C15H19NO/c1-4-11-5-6-12-7-8-13(10-16(2)3)15(17)14(12)9-11/h5-6,9-10H,4,7-8H2,1-3H3/b13-10-. The van der Waals surface area contributed by atoms with Crippen molar-refractivity contribution in [3.8, 4) is 0 Å². The SMILES string of the molecule is CCc1ccc2c(c1)C(=O)/C(=C\N(C)C)CC2. The topological polar surface area (TPSA) is 20.3 Å². The number of nitrogens with zero attached hydrogens (tertiary/aromatic N) is 1. The van der Waals surface area contributed by atoms with Gasteiger partial charge in [-0.2, -0.15) is 0 Å². The molecule has 1 aliphatic rings. The van der Waals surface area contributed by atoms with E-state index >= 15 is 0 Å². The molecular weight excluding hydrogens is 210 g/mol. The maximum absolute atomic E-state index is 12.3. The van der Waals surface area contributed by atoms with Crippen molar-refractivity contribution in [2.45, 2.75) is 26.2 Å². The highest BCUT2D eigenvalue weighted by atomic mass is 16.1. The number of carbonyl (C=O) groups is 1. The molecule has 0 N–H and O–H groups in total. The van der Waals surface area contributed by atoms with Gasteiger partial charge in [-0.25, -0.2) is 0 Å². The molecule has 0 bridgehead atoms. The summed E-state index contributed by atoms with van der Waals surface area (Å²) in [5.74, 6) is 0.204. The minimum atomic E-state index is 0.204. The first-order chi connectivity index (χ1) is 8.11. The Balaban J connectivity index is 2.40. The molecule has 2 heteroatoms. The van der Waals surface area contributed by atoms with Crippen molar-refractivity contribution in [1.29, 1.82) is 0 Å². The zero-order valence-corrected chi connectivity index (χ0v) is 10.8. The molecule has 0 saturated carbocycles. The molecular formula is C15H19NO. The average molecular weight is 229 g/mol. The van der Waals surface area contributed by atoms with Crippen molar-refractivity contribution >= 4 is 5.78 Å². The Morgan fingerprint density at radius 2 is 2.06 bits per heavy atom. The van der Waals surface area contributed by atoms with Crippen LogP contribution in [0.2, 0.25) is 0 Å². The number of fused-ring (bicyclic) bond motifs is 1. The molecule has 0 amide bonds. The van der Waals surface area contributed by atoms with Crippen molar-refractivity contribution in [2.75, 3.05) is 14.1 Å². The van der Waals surface area contributed by atoms with Gasteiger partial charge < -0.3 is 4.90 Å². The molecule has 0 radical (unpaired) electrons. The number of rotatable bonds is 2. The Labute approximate surface area is 103 Å². The Kier molecular flexibility index (Phi) is 3.32. The maximum Gasteiger partial charge on any atom is 0.190 e. The number of hydrogen-bond acceptors (Lipinski definition) is 2. The molecule has 2 nitrogen and oxygen atoms in total. The van der Waals surface area contributed by atoms with Gasteiger partial charge in [0.1, 0.15) is 0 Å². The van der Waals surface area contributed by atoms with Crippen molar-refractivity contribution in [2.24, 2.45) is 0 Å². The predicted octanol–water partition coefficient (Wildman–Crippen LogP) is 2.82. The van der Waals surface area contributed by atoms with E-state index in [1.807, 2.05) is 25.2 Å². The van der Waals surface area contributed by atoms with E-state index in [0.717, 1.165) is 30.4 Å². The molecule has 0 fully saturated rings. The van der Waals surface area contributed by atoms with Gasteiger partial charge in [-0.05, 0) is 36.5 Å². The molecule has 0 unspecified atom stereocenters. The van der Waals surface area contributed by atoms with Crippen LogP contribution in [0.3, 0.4) is 0 Å². The van der Waals surface area contributed by atoms with Gasteiger partial charge in [-0.3, -0.25) is 4.79 Å². The second-order valence-electron chi connectivity index (χ2n) is 4.79. The van der Waals surface area contributed by atoms with Crippen LogP contribution in [0, 0.1) is 0 Å². The van der Waals surface area contributed by atoms with Crippen LogP contribution in [-0.4, -0.2) is 24.8 Å². The molecule has 1 aromatic carbocycles. The van der Waals surface area contributed by atoms with Crippen LogP contribution in [0.1, 0.15) is 34.8 Å². The number of aryl methyl sites for hydroxylation is 2. The van der Waals surface area contributed by atoms with Gasteiger partial charge in [0, 0.05) is 31.4 Å². The van der Waals surface area contributed by atoms with Crippen LogP contribution in [0.25, 0.3) is 0 Å². The summed E-state index contributed by atoms with van der Waals surface area (Å²) >= 11 is 0. The van der Waals surface area contributed by atoms with Gasteiger partial charge in [0.05, 0.1) is 0 Å². The highest BCUT2D eigenvalue weighted by molar-refractivity contribution is 6.10. The smallest absolute Gasteiger partial charge is 0.190 e. The largest absolute Gasteiger partial charge is 0.383 e. The molecule has 0 heterocycles. The van der Waals surface area contributed by atoms with Gasteiger partial charge in [-0.1, -0.05) is 19.1 Å². The first-order valence-corrected chi connectivity index (χ1v) is 6.15. The third-order valence-corrected chi connectivity index (χ3v) is 3.20. The fourth-order valence-electron chi connectivity index (χ4n) is 2.26. The van der Waals surface area contributed by atoms with E-state index in [1.165, 1.54) is 11.1 Å². The van der Waals surface area contributed by atoms with E-state index < -0.39 is 0 Å². The van der Waals surface area contributed by atoms with Crippen LogP contribution in [0.5, 0.6) is 0 Å². The highest BCUT2D eigenvalue weighted by Gasteiger charge is 2.22. The van der Waals surface area contributed by atoms with Gasteiger partial charge >= 0.3 is 0 Å². The van der Waals surface area contributed by atoms with Crippen LogP contribution in [0.4, 0.5) is 0 Å². The summed E-state index contributed by atoms with van der Waals surface area (Å²) in [6.07, 6.45) is 4.76. The van der Waals surface area contributed by atoms with Gasteiger partial charge in [0.25, 0.3) is 0 Å². The fraction of sp³-hybridized carbons (Fsp3) is 0.400. The first kappa shape index (κ1) is 11.9. The molecule has 90 valence electrons. The van der Waals surface area contributed by atoms with E-state index in [0.29, 0.717) is 0 Å². The molecule has 0 saturated heterocycles. The Bertz CT molecular complexity index is 472. The summed E-state index contributed by atoms with van der Waals surface area (Å²) in [5, 5.41) is 0. The van der Waals surface area contributed by atoms with Crippen LogP contribution < -0.4 is 0 Å². The number of carbonyl (C=O) groups excluding carboxylic acids is 1. The summed E-state index contributed by atoms with van der Waals surface area (Å²) < 4.78 is 0. The number of Topliss-reactive ketones (excluding diaryl/α,β-unsaturated/α-hetero) is 1. The average Bonchev–Trinajstić information content (AvgIpc) is 2.32. The highest BCUT2D eigenvalue weighted by Crippen LogP contribution is 2.26. The third-order valence-electron chi connectivity index (χ3n) is 3.20. The van der Waals surface area contributed by atoms with E-state index in [9.17, 15) is 4.79 Å². The van der Waals surface area contributed by atoms with Crippen molar-refractivity contribution < 1.29 is 4.79 Å². The zero-order chi connectivity index (χ0) is 12.4. The monoisotopic (exact) mass is 229 g/mol. The molecule has 17 heavy (non-hydrogen) atoms. The second-order valence-corrected chi connectivity index (χ2v) is 4.79. The van der Waals surface area contributed by atoms with E-state index in [1.54, 1.807) is 0 Å². The minimum Gasteiger partial charge on any atom is -0.383 e. The Morgan fingerprint density at radius 3 is 2.71 bits per heavy atom. The predicted molar refractivity (Wildman–Crippen MR) is 70.2 cm³/mol. The Morgan fingerprint density at radius 1 is 1.29 bits per heavy atom. The third kappa shape index (κ3) is 2.41. The molecule has 0 spiro atoms. The molecule has 0 aromatic heterocycles. The summed E-state index contributed by atoms with van der Waals surface area (Å²) in [6, 6.07) is 6.30.